The van der Waals surface area contributed by atoms with Crippen LogP contribution in [-0.4, -0.2) is 32.7 Å². The number of nitrogens with one attached hydrogen (secondary N) is 1. The van der Waals surface area contributed by atoms with E-state index in [-0.39, 0.29) is 23.1 Å². The van der Waals surface area contributed by atoms with Crippen molar-refractivity contribution in [2.24, 2.45) is 7.05 Å². The Morgan fingerprint density at radius 3 is 2.84 bits per heavy atom. The molecule has 0 spiro atoms. The third-order valence-electron chi connectivity index (χ3n) is 5.99. The summed E-state index contributed by atoms with van der Waals surface area (Å²) in [7, 11) is 1.70. The monoisotopic (exact) mass is 454 g/mol. The molecule has 160 valence electrons. The summed E-state index contributed by atoms with van der Waals surface area (Å²) in [5, 5.41) is 4.12. The van der Waals surface area contributed by atoms with Crippen molar-refractivity contribution >= 4 is 56.5 Å². The Labute approximate surface area is 187 Å². The van der Waals surface area contributed by atoms with Crippen LogP contribution in [0.5, 0.6) is 0 Å². The van der Waals surface area contributed by atoms with Crippen LogP contribution < -0.4 is 15.8 Å². The van der Waals surface area contributed by atoms with Crippen LogP contribution in [-0.2, 0) is 29.5 Å². The van der Waals surface area contributed by atoms with E-state index in [4.69, 9.17) is 4.98 Å². The highest BCUT2D eigenvalue weighted by Gasteiger charge is 2.43. The van der Waals surface area contributed by atoms with Crippen LogP contribution >= 0.6 is 23.1 Å². The molecule has 2 aliphatic rings. The molecule has 0 saturated carbocycles. The van der Waals surface area contributed by atoms with Crippen LogP contribution in [0.15, 0.2) is 34.2 Å². The van der Waals surface area contributed by atoms with Crippen LogP contribution in [0.2, 0.25) is 0 Å². The summed E-state index contributed by atoms with van der Waals surface area (Å²) in [6.45, 7) is 3.46. The molecule has 31 heavy (non-hydrogen) atoms. The fourth-order valence-corrected chi connectivity index (χ4v) is 6.45. The molecule has 9 heteroatoms. The van der Waals surface area contributed by atoms with Gasteiger partial charge in [-0.15, -0.1) is 11.3 Å². The minimum absolute atomic E-state index is 0.0534. The van der Waals surface area contributed by atoms with E-state index in [1.165, 1.54) is 21.2 Å². The molecule has 1 aromatic carbocycles. The molecule has 2 amide bonds. The van der Waals surface area contributed by atoms with Crippen molar-refractivity contribution in [3.63, 3.8) is 0 Å². The molecule has 0 saturated heterocycles. The van der Waals surface area contributed by atoms with Crippen LogP contribution in [0.25, 0.3) is 10.2 Å². The number of aromatic nitrogens is 2. The van der Waals surface area contributed by atoms with Crippen LogP contribution in [0.3, 0.4) is 0 Å². The SMILES string of the molecule is Cn1c(SCC(=O)N2c3ccccc3NC(=O)C2(C)C)nc2sc3c(c2c1=O)CCC3. The summed E-state index contributed by atoms with van der Waals surface area (Å²) in [6, 6.07) is 7.27. The number of hydrogen-bond donors (Lipinski definition) is 1. The molecular formula is C22H22N4O3S2. The first-order valence-corrected chi connectivity index (χ1v) is 12.0. The van der Waals surface area contributed by atoms with Gasteiger partial charge in [0.1, 0.15) is 10.4 Å². The summed E-state index contributed by atoms with van der Waals surface area (Å²) in [4.78, 5) is 47.2. The lowest BCUT2D eigenvalue weighted by Crippen LogP contribution is -2.59. The Kier molecular flexibility index (Phi) is 4.71. The second-order valence-corrected chi connectivity index (χ2v) is 10.4. The van der Waals surface area contributed by atoms with E-state index in [0.29, 0.717) is 16.5 Å². The average Bonchev–Trinajstić information content (AvgIpc) is 3.31. The van der Waals surface area contributed by atoms with E-state index in [1.807, 2.05) is 18.2 Å². The van der Waals surface area contributed by atoms with Gasteiger partial charge in [0.05, 0.1) is 22.5 Å². The number of carbonyl (C=O) groups is 2. The second-order valence-electron chi connectivity index (χ2n) is 8.34. The van der Waals surface area contributed by atoms with Gasteiger partial charge in [0.15, 0.2) is 5.16 Å². The highest BCUT2D eigenvalue weighted by molar-refractivity contribution is 7.99. The van der Waals surface area contributed by atoms with Crippen LogP contribution in [0.1, 0.15) is 30.7 Å². The van der Waals surface area contributed by atoms with Crippen molar-refractivity contribution in [1.82, 2.24) is 9.55 Å². The van der Waals surface area contributed by atoms with Gasteiger partial charge in [-0.3, -0.25) is 23.9 Å². The standard InChI is InChI=1S/C22H22N4O3S2/c1-22(2)20(29)23-13-8-4-5-9-14(13)26(22)16(27)11-30-21-24-18-17(19(28)25(21)3)12-7-6-10-15(12)31-18/h4-5,8-9H,6-7,10-11H2,1-3H3,(H,23,29). The average molecular weight is 455 g/mol. The fraction of sp³-hybridized carbons (Fsp3) is 0.364. The molecule has 0 fully saturated rings. The lowest BCUT2D eigenvalue weighted by atomic mass is 9.96. The molecular weight excluding hydrogens is 432 g/mol. The first-order valence-electron chi connectivity index (χ1n) is 10.2. The minimum atomic E-state index is -1.02. The van der Waals surface area contributed by atoms with Crippen molar-refractivity contribution in [3.05, 3.63) is 45.1 Å². The van der Waals surface area contributed by atoms with Crippen molar-refractivity contribution < 1.29 is 9.59 Å². The zero-order valence-electron chi connectivity index (χ0n) is 17.5. The summed E-state index contributed by atoms with van der Waals surface area (Å²) in [6.07, 6.45) is 3.03. The Bertz CT molecular complexity index is 1310. The quantitative estimate of drug-likeness (QED) is 0.485. The maximum absolute atomic E-state index is 13.3. The van der Waals surface area contributed by atoms with Gasteiger partial charge < -0.3 is 5.32 Å². The van der Waals surface area contributed by atoms with Gasteiger partial charge in [-0.05, 0) is 50.8 Å². The molecule has 5 rings (SSSR count). The van der Waals surface area contributed by atoms with Crippen molar-refractivity contribution in [1.29, 1.82) is 0 Å². The number of thioether (sulfide) groups is 1. The Morgan fingerprint density at radius 1 is 1.26 bits per heavy atom. The lowest BCUT2D eigenvalue weighted by molar-refractivity contribution is -0.125. The molecule has 7 nitrogen and oxygen atoms in total. The highest BCUT2D eigenvalue weighted by atomic mass is 32.2. The largest absolute Gasteiger partial charge is 0.322 e. The maximum atomic E-state index is 13.3. The summed E-state index contributed by atoms with van der Waals surface area (Å²) in [5.74, 6) is -0.369. The highest BCUT2D eigenvalue weighted by Crippen LogP contribution is 2.38. The second kappa shape index (κ2) is 7.20. The number of aryl methyl sites for hydroxylation is 2. The Morgan fingerprint density at radius 2 is 2.03 bits per heavy atom. The number of thiophene rings is 1. The maximum Gasteiger partial charge on any atom is 0.262 e. The van der Waals surface area contributed by atoms with Gasteiger partial charge in [-0.2, -0.15) is 0 Å². The minimum Gasteiger partial charge on any atom is -0.322 e. The molecule has 3 aromatic rings. The third-order valence-corrected chi connectivity index (χ3v) is 8.19. The van der Waals surface area contributed by atoms with E-state index < -0.39 is 5.54 Å². The molecule has 3 heterocycles. The molecule has 0 unspecified atom stereocenters. The van der Waals surface area contributed by atoms with Crippen LogP contribution in [0.4, 0.5) is 11.4 Å². The van der Waals surface area contributed by atoms with Crippen molar-refractivity contribution in [3.8, 4) is 0 Å². The van der Waals surface area contributed by atoms with Gasteiger partial charge in [-0.25, -0.2) is 4.98 Å². The number of benzene rings is 1. The lowest BCUT2D eigenvalue weighted by Gasteiger charge is -2.42. The smallest absolute Gasteiger partial charge is 0.262 e. The predicted octanol–water partition coefficient (Wildman–Crippen LogP) is 3.34. The third kappa shape index (κ3) is 3.10. The number of amides is 2. The summed E-state index contributed by atoms with van der Waals surface area (Å²) < 4.78 is 1.54. The van der Waals surface area contributed by atoms with E-state index in [2.05, 4.69) is 5.32 Å². The van der Waals surface area contributed by atoms with E-state index in [1.54, 1.807) is 43.2 Å². The number of fused-ring (bicyclic) bond motifs is 4. The number of hydrogen-bond acceptors (Lipinski definition) is 6. The van der Waals surface area contributed by atoms with Crippen LogP contribution in [0, 0.1) is 0 Å². The van der Waals surface area contributed by atoms with E-state index in [9.17, 15) is 14.4 Å². The van der Waals surface area contributed by atoms with Gasteiger partial charge in [0, 0.05) is 11.9 Å². The van der Waals surface area contributed by atoms with Gasteiger partial charge >= 0.3 is 0 Å². The fourth-order valence-electron chi connectivity index (χ4n) is 4.32. The van der Waals surface area contributed by atoms with Gasteiger partial charge in [0.2, 0.25) is 11.8 Å². The number of nitrogens with zero attached hydrogens (tertiary/aromatic N) is 3. The molecule has 1 aliphatic heterocycles. The van der Waals surface area contributed by atoms with Crippen molar-refractivity contribution in [2.45, 2.75) is 43.8 Å². The molecule has 0 radical (unpaired) electrons. The first kappa shape index (κ1) is 20.3. The number of para-hydroxylation sites is 2. The predicted molar refractivity (Wildman–Crippen MR) is 124 cm³/mol. The van der Waals surface area contributed by atoms with E-state index >= 15 is 0 Å². The topological polar surface area (TPSA) is 84.3 Å². The number of anilines is 2. The first-order chi connectivity index (χ1) is 14.8. The number of carbonyl (C=O) groups excluding carboxylic acids is 2. The summed E-state index contributed by atoms with van der Waals surface area (Å²) in [5.41, 5.74) is 1.36. The number of rotatable bonds is 3. The van der Waals surface area contributed by atoms with Gasteiger partial charge in [0.25, 0.3) is 5.56 Å². The zero-order valence-corrected chi connectivity index (χ0v) is 19.2. The Hall–Kier alpha value is -2.65. The molecule has 1 N–H and O–H groups in total. The Balaban J connectivity index is 1.46. The molecule has 1 aliphatic carbocycles. The molecule has 0 bridgehead atoms. The van der Waals surface area contributed by atoms with E-state index in [0.717, 1.165) is 35.0 Å². The zero-order chi connectivity index (χ0) is 21.9. The van der Waals surface area contributed by atoms with Crippen molar-refractivity contribution in [2.75, 3.05) is 16.0 Å². The normalized spacial score (nSPS) is 16.9. The molecule has 2 aromatic heterocycles. The van der Waals surface area contributed by atoms with Gasteiger partial charge in [-0.1, -0.05) is 23.9 Å². The molecule has 0 atom stereocenters. The summed E-state index contributed by atoms with van der Waals surface area (Å²) >= 11 is 2.82.